The summed E-state index contributed by atoms with van der Waals surface area (Å²) < 4.78 is 5.98. The maximum atomic E-state index is 5.98. The van der Waals surface area contributed by atoms with Crippen LogP contribution in [0.4, 0.5) is 5.69 Å². The minimum Gasteiger partial charge on any atom is -0.374 e. The van der Waals surface area contributed by atoms with Gasteiger partial charge in [-0.2, -0.15) is 0 Å². The summed E-state index contributed by atoms with van der Waals surface area (Å²) in [5, 5.41) is 3.43. The number of morpholine rings is 1. The molecule has 0 bridgehead atoms. The number of rotatable bonds is 4. The highest BCUT2D eigenvalue weighted by atomic mass is 16.5. The van der Waals surface area contributed by atoms with Gasteiger partial charge < -0.3 is 15.0 Å². The highest BCUT2D eigenvalue weighted by Gasteiger charge is 2.35. The second-order valence-corrected chi connectivity index (χ2v) is 5.74. The average Bonchev–Trinajstić information content (AvgIpc) is 2.53. The Kier molecular flexibility index (Phi) is 4.53. The summed E-state index contributed by atoms with van der Waals surface area (Å²) in [7, 11) is 0. The number of hydrogen-bond acceptors (Lipinski definition) is 4. The SMILES string of the molecule is CCNCc1ccncc1N1CCOC2CCCCC21. The van der Waals surface area contributed by atoms with E-state index in [1.165, 1.54) is 36.9 Å². The summed E-state index contributed by atoms with van der Waals surface area (Å²) in [5.41, 5.74) is 2.65. The zero-order valence-electron chi connectivity index (χ0n) is 12.3. The first-order valence-electron chi connectivity index (χ1n) is 7.92. The molecular formula is C16H25N3O. The van der Waals surface area contributed by atoms with E-state index in [-0.39, 0.29) is 0 Å². The van der Waals surface area contributed by atoms with Crippen LogP contribution >= 0.6 is 0 Å². The lowest BCUT2D eigenvalue weighted by molar-refractivity contribution is -0.00876. The zero-order chi connectivity index (χ0) is 13.8. The van der Waals surface area contributed by atoms with E-state index in [0.717, 1.165) is 26.2 Å². The Morgan fingerprint density at radius 2 is 2.30 bits per heavy atom. The van der Waals surface area contributed by atoms with Gasteiger partial charge in [-0.25, -0.2) is 0 Å². The number of hydrogen-bond donors (Lipinski definition) is 1. The van der Waals surface area contributed by atoms with Crippen molar-refractivity contribution in [2.75, 3.05) is 24.6 Å². The number of nitrogens with one attached hydrogen (secondary N) is 1. The monoisotopic (exact) mass is 275 g/mol. The fourth-order valence-corrected chi connectivity index (χ4v) is 3.48. The second-order valence-electron chi connectivity index (χ2n) is 5.74. The van der Waals surface area contributed by atoms with Crippen LogP contribution in [0.2, 0.25) is 0 Å². The summed E-state index contributed by atoms with van der Waals surface area (Å²) in [6.07, 6.45) is 9.45. The average molecular weight is 275 g/mol. The van der Waals surface area contributed by atoms with Crippen LogP contribution in [0.5, 0.6) is 0 Å². The number of nitrogens with zero attached hydrogens (tertiary/aromatic N) is 2. The summed E-state index contributed by atoms with van der Waals surface area (Å²) in [5.74, 6) is 0. The van der Waals surface area contributed by atoms with E-state index in [1.54, 1.807) is 0 Å². The van der Waals surface area contributed by atoms with Crippen molar-refractivity contribution in [3.63, 3.8) is 0 Å². The number of ether oxygens (including phenoxy) is 1. The van der Waals surface area contributed by atoms with Crippen molar-refractivity contribution in [2.24, 2.45) is 0 Å². The first-order chi connectivity index (χ1) is 9.90. The number of anilines is 1. The van der Waals surface area contributed by atoms with E-state index < -0.39 is 0 Å². The second kappa shape index (κ2) is 6.55. The first kappa shape index (κ1) is 13.8. The molecule has 2 fully saturated rings. The van der Waals surface area contributed by atoms with Crippen molar-refractivity contribution in [1.82, 2.24) is 10.3 Å². The Hall–Kier alpha value is -1.13. The molecule has 2 aliphatic rings. The molecule has 20 heavy (non-hydrogen) atoms. The molecule has 2 heterocycles. The van der Waals surface area contributed by atoms with E-state index in [1.807, 2.05) is 12.4 Å². The van der Waals surface area contributed by atoms with Gasteiger partial charge in [0.2, 0.25) is 0 Å². The van der Waals surface area contributed by atoms with Crippen LogP contribution < -0.4 is 10.2 Å². The Bertz CT molecular complexity index is 435. The smallest absolute Gasteiger partial charge is 0.0779 e. The van der Waals surface area contributed by atoms with Gasteiger partial charge in [0.15, 0.2) is 0 Å². The van der Waals surface area contributed by atoms with Gasteiger partial charge in [0.25, 0.3) is 0 Å². The fraction of sp³-hybridized carbons (Fsp3) is 0.688. The third kappa shape index (κ3) is 2.81. The molecule has 0 radical (unpaired) electrons. The van der Waals surface area contributed by atoms with Crippen LogP contribution in [-0.2, 0) is 11.3 Å². The number of aromatic nitrogens is 1. The molecule has 1 aliphatic carbocycles. The molecule has 2 unspecified atom stereocenters. The van der Waals surface area contributed by atoms with Crippen molar-refractivity contribution in [3.05, 3.63) is 24.0 Å². The van der Waals surface area contributed by atoms with Gasteiger partial charge in [0.05, 0.1) is 30.6 Å². The van der Waals surface area contributed by atoms with Crippen molar-refractivity contribution < 1.29 is 4.74 Å². The van der Waals surface area contributed by atoms with Crippen molar-refractivity contribution >= 4 is 5.69 Å². The predicted molar refractivity (Wildman–Crippen MR) is 81.0 cm³/mol. The Balaban J connectivity index is 1.83. The molecule has 1 saturated carbocycles. The maximum absolute atomic E-state index is 5.98. The lowest BCUT2D eigenvalue weighted by Crippen LogP contribution is -2.53. The summed E-state index contributed by atoms with van der Waals surface area (Å²) in [6, 6.07) is 2.69. The molecule has 110 valence electrons. The molecule has 4 nitrogen and oxygen atoms in total. The van der Waals surface area contributed by atoms with Gasteiger partial charge in [-0.05, 0) is 31.0 Å². The largest absolute Gasteiger partial charge is 0.374 e. The molecule has 2 atom stereocenters. The van der Waals surface area contributed by atoms with E-state index in [4.69, 9.17) is 4.74 Å². The molecular weight excluding hydrogens is 250 g/mol. The van der Waals surface area contributed by atoms with Gasteiger partial charge >= 0.3 is 0 Å². The maximum Gasteiger partial charge on any atom is 0.0779 e. The van der Waals surface area contributed by atoms with Crippen LogP contribution in [0.15, 0.2) is 18.5 Å². The van der Waals surface area contributed by atoms with E-state index in [2.05, 4.69) is 28.2 Å². The standard InChI is InChI=1S/C16H25N3O/c1-2-17-11-13-7-8-18-12-15(13)19-9-10-20-16-6-4-3-5-14(16)19/h7-8,12,14,16-17H,2-6,9-11H2,1H3. The predicted octanol–water partition coefficient (Wildman–Crippen LogP) is 2.34. The Morgan fingerprint density at radius 3 is 3.20 bits per heavy atom. The Labute approximate surface area is 121 Å². The van der Waals surface area contributed by atoms with Crippen molar-refractivity contribution in [3.8, 4) is 0 Å². The zero-order valence-corrected chi connectivity index (χ0v) is 12.3. The van der Waals surface area contributed by atoms with E-state index in [0.29, 0.717) is 12.1 Å². The van der Waals surface area contributed by atoms with Gasteiger partial charge in [0.1, 0.15) is 0 Å². The molecule has 0 amide bonds. The molecule has 1 aromatic heterocycles. The molecule has 4 heteroatoms. The van der Waals surface area contributed by atoms with Gasteiger partial charge in [-0.3, -0.25) is 4.98 Å². The summed E-state index contributed by atoms with van der Waals surface area (Å²) >= 11 is 0. The molecule has 1 aliphatic heterocycles. The molecule has 3 rings (SSSR count). The van der Waals surface area contributed by atoms with Crippen molar-refractivity contribution in [1.29, 1.82) is 0 Å². The lowest BCUT2D eigenvalue weighted by Gasteiger charge is -2.45. The highest BCUT2D eigenvalue weighted by Crippen LogP contribution is 2.33. The van der Waals surface area contributed by atoms with E-state index >= 15 is 0 Å². The molecule has 1 aromatic rings. The lowest BCUT2D eigenvalue weighted by atomic mass is 9.89. The normalized spacial score (nSPS) is 26.4. The van der Waals surface area contributed by atoms with Gasteiger partial charge in [0, 0.05) is 19.3 Å². The third-order valence-corrected chi connectivity index (χ3v) is 4.49. The number of fused-ring (bicyclic) bond motifs is 1. The summed E-state index contributed by atoms with van der Waals surface area (Å²) in [6.45, 7) is 5.90. The fourth-order valence-electron chi connectivity index (χ4n) is 3.48. The van der Waals surface area contributed by atoms with Crippen LogP contribution in [0, 0.1) is 0 Å². The van der Waals surface area contributed by atoms with Crippen LogP contribution in [0.3, 0.4) is 0 Å². The molecule has 0 spiro atoms. The first-order valence-corrected chi connectivity index (χ1v) is 7.92. The van der Waals surface area contributed by atoms with E-state index in [9.17, 15) is 0 Å². The van der Waals surface area contributed by atoms with Crippen LogP contribution in [0.25, 0.3) is 0 Å². The third-order valence-electron chi connectivity index (χ3n) is 4.49. The molecule has 1 N–H and O–H groups in total. The molecule has 0 aromatic carbocycles. The van der Waals surface area contributed by atoms with Crippen LogP contribution in [0.1, 0.15) is 38.2 Å². The Morgan fingerprint density at radius 1 is 1.40 bits per heavy atom. The van der Waals surface area contributed by atoms with Crippen LogP contribution in [-0.4, -0.2) is 36.8 Å². The minimum atomic E-state index is 0.421. The minimum absolute atomic E-state index is 0.421. The number of pyridine rings is 1. The van der Waals surface area contributed by atoms with Crippen molar-refractivity contribution in [2.45, 2.75) is 51.3 Å². The summed E-state index contributed by atoms with van der Waals surface area (Å²) in [4.78, 5) is 6.90. The van der Waals surface area contributed by atoms with Gasteiger partial charge in [-0.1, -0.05) is 19.8 Å². The van der Waals surface area contributed by atoms with Gasteiger partial charge in [-0.15, -0.1) is 0 Å². The quantitative estimate of drug-likeness (QED) is 0.915. The topological polar surface area (TPSA) is 37.4 Å². The molecule has 1 saturated heterocycles. The highest BCUT2D eigenvalue weighted by molar-refractivity contribution is 5.53.